The molecule has 1 aliphatic rings. The molecule has 2 heterocycles. The van der Waals surface area contributed by atoms with E-state index in [-0.39, 0.29) is 12.2 Å². The minimum atomic E-state index is -0.325. The Morgan fingerprint density at radius 1 is 1.56 bits per heavy atom. The van der Waals surface area contributed by atoms with Gasteiger partial charge in [-0.25, -0.2) is 0 Å². The molecule has 0 radical (unpaired) electrons. The average molecular weight is 226 g/mol. The second kappa shape index (κ2) is 5.41. The van der Waals surface area contributed by atoms with Crippen molar-refractivity contribution >= 4 is 0 Å². The predicted molar refractivity (Wildman–Crippen MR) is 57.0 cm³/mol. The van der Waals surface area contributed by atoms with Crippen molar-refractivity contribution in [1.29, 1.82) is 0 Å². The van der Waals surface area contributed by atoms with Gasteiger partial charge in [0.1, 0.15) is 0 Å². The molecular weight excluding hydrogens is 208 g/mol. The summed E-state index contributed by atoms with van der Waals surface area (Å²) >= 11 is 0. The monoisotopic (exact) mass is 226 g/mol. The predicted octanol–water partition coefficient (Wildman–Crippen LogP) is 1.10. The van der Waals surface area contributed by atoms with E-state index in [1.54, 1.807) is 6.92 Å². The fraction of sp³-hybridized carbons (Fsp3) is 0.818. The van der Waals surface area contributed by atoms with Crippen LogP contribution in [0.15, 0.2) is 4.52 Å². The maximum atomic E-state index is 9.14. The van der Waals surface area contributed by atoms with Crippen molar-refractivity contribution in [3.05, 3.63) is 11.7 Å². The van der Waals surface area contributed by atoms with Crippen LogP contribution in [-0.2, 0) is 17.6 Å². The number of aliphatic hydroxyl groups excluding tert-OH is 1. The minimum absolute atomic E-state index is 0.252. The number of hydrogen-bond donors (Lipinski definition) is 1. The third kappa shape index (κ3) is 3.28. The maximum Gasteiger partial charge on any atom is 0.226 e. The molecule has 1 aromatic heterocycles. The molecule has 2 rings (SSSR count). The lowest BCUT2D eigenvalue weighted by Crippen LogP contribution is -2.10. The zero-order valence-electron chi connectivity index (χ0n) is 9.56. The zero-order chi connectivity index (χ0) is 11.4. The molecule has 0 aromatic carbocycles. The average Bonchev–Trinajstić information content (AvgIpc) is 2.87. The first-order valence-corrected chi connectivity index (χ1v) is 5.85. The lowest BCUT2D eigenvalue weighted by atomic mass is 10.2. The van der Waals surface area contributed by atoms with Gasteiger partial charge in [0.05, 0.1) is 12.2 Å². The Hall–Kier alpha value is -0.940. The van der Waals surface area contributed by atoms with Gasteiger partial charge in [-0.3, -0.25) is 0 Å². The highest BCUT2D eigenvalue weighted by Gasteiger charge is 2.19. The largest absolute Gasteiger partial charge is 0.393 e. The van der Waals surface area contributed by atoms with Crippen LogP contribution in [0.5, 0.6) is 0 Å². The summed E-state index contributed by atoms with van der Waals surface area (Å²) in [4.78, 5) is 4.28. The minimum Gasteiger partial charge on any atom is -0.393 e. The van der Waals surface area contributed by atoms with E-state index in [0.717, 1.165) is 25.9 Å². The van der Waals surface area contributed by atoms with Crippen molar-refractivity contribution in [2.45, 2.75) is 51.2 Å². The summed E-state index contributed by atoms with van der Waals surface area (Å²) in [6, 6.07) is 0. The molecule has 1 saturated heterocycles. The van der Waals surface area contributed by atoms with Crippen LogP contribution in [0.4, 0.5) is 0 Å². The first-order chi connectivity index (χ1) is 7.74. The van der Waals surface area contributed by atoms with E-state index in [0.29, 0.717) is 24.6 Å². The number of aryl methyl sites for hydroxylation is 1. The Labute approximate surface area is 94.8 Å². The van der Waals surface area contributed by atoms with Crippen LogP contribution >= 0.6 is 0 Å². The van der Waals surface area contributed by atoms with E-state index in [4.69, 9.17) is 14.4 Å². The third-order valence-electron chi connectivity index (χ3n) is 2.72. The Morgan fingerprint density at radius 2 is 2.44 bits per heavy atom. The van der Waals surface area contributed by atoms with E-state index in [2.05, 4.69) is 10.1 Å². The highest BCUT2D eigenvalue weighted by molar-refractivity contribution is 4.90. The van der Waals surface area contributed by atoms with Gasteiger partial charge in [0.25, 0.3) is 0 Å². The molecule has 1 fully saturated rings. The standard InChI is InChI=1S/C11H18N2O3/c1-8(14)4-5-11-12-10(13-16-11)7-9-3-2-6-15-9/h8-9,14H,2-7H2,1H3. The lowest BCUT2D eigenvalue weighted by molar-refractivity contribution is 0.109. The summed E-state index contributed by atoms with van der Waals surface area (Å²) in [6.45, 7) is 2.60. The SMILES string of the molecule is CC(O)CCc1nc(CC2CCCO2)no1. The van der Waals surface area contributed by atoms with E-state index in [9.17, 15) is 0 Å². The zero-order valence-corrected chi connectivity index (χ0v) is 9.56. The third-order valence-corrected chi connectivity index (χ3v) is 2.72. The van der Waals surface area contributed by atoms with Gasteiger partial charge in [-0.2, -0.15) is 4.98 Å². The second-order valence-corrected chi connectivity index (χ2v) is 4.33. The van der Waals surface area contributed by atoms with Crippen LogP contribution < -0.4 is 0 Å². The highest BCUT2D eigenvalue weighted by atomic mass is 16.5. The number of rotatable bonds is 5. The Balaban J connectivity index is 1.81. The number of hydrogen-bond acceptors (Lipinski definition) is 5. The van der Waals surface area contributed by atoms with E-state index < -0.39 is 0 Å². The molecule has 90 valence electrons. The first kappa shape index (κ1) is 11.5. The lowest BCUT2D eigenvalue weighted by Gasteiger charge is -2.03. The van der Waals surface area contributed by atoms with Crippen LogP contribution in [-0.4, -0.2) is 34.1 Å². The highest BCUT2D eigenvalue weighted by Crippen LogP contribution is 2.16. The molecule has 1 aromatic rings. The Morgan fingerprint density at radius 3 is 3.12 bits per heavy atom. The summed E-state index contributed by atoms with van der Waals surface area (Å²) in [5.74, 6) is 1.32. The van der Waals surface area contributed by atoms with Gasteiger partial charge < -0.3 is 14.4 Å². The van der Waals surface area contributed by atoms with Crippen molar-refractivity contribution in [1.82, 2.24) is 10.1 Å². The summed E-state index contributed by atoms with van der Waals surface area (Å²) < 4.78 is 10.6. The fourth-order valence-electron chi connectivity index (χ4n) is 1.82. The van der Waals surface area contributed by atoms with Gasteiger partial charge in [0.2, 0.25) is 5.89 Å². The number of aromatic nitrogens is 2. The van der Waals surface area contributed by atoms with Crippen molar-refractivity contribution in [2.75, 3.05) is 6.61 Å². The molecular formula is C11H18N2O3. The van der Waals surface area contributed by atoms with Crippen molar-refractivity contribution in [2.24, 2.45) is 0 Å². The van der Waals surface area contributed by atoms with Crippen molar-refractivity contribution in [3.63, 3.8) is 0 Å². The van der Waals surface area contributed by atoms with Crippen molar-refractivity contribution < 1.29 is 14.4 Å². The topological polar surface area (TPSA) is 68.4 Å². The molecule has 1 aliphatic heterocycles. The van der Waals surface area contributed by atoms with Gasteiger partial charge >= 0.3 is 0 Å². The molecule has 2 atom stereocenters. The number of aliphatic hydroxyl groups is 1. The smallest absolute Gasteiger partial charge is 0.226 e. The van der Waals surface area contributed by atoms with Crippen LogP contribution in [0.1, 0.15) is 37.9 Å². The van der Waals surface area contributed by atoms with Gasteiger partial charge in [0.15, 0.2) is 5.82 Å². The molecule has 0 spiro atoms. The quantitative estimate of drug-likeness (QED) is 0.814. The second-order valence-electron chi connectivity index (χ2n) is 4.33. The Bertz CT molecular complexity index is 319. The first-order valence-electron chi connectivity index (χ1n) is 5.85. The number of nitrogens with zero attached hydrogens (tertiary/aromatic N) is 2. The van der Waals surface area contributed by atoms with E-state index in [1.807, 2.05) is 0 Å². The van der Waals surface area contributed by atoms with Crippen LogP contribution in [0, 0.1) is 0 Å². The normalized spacial score (nSPS) is 22.5. The summed E-state index contributed by atoms with van der Waals surface area (Å²) in [7, 11) is 0. The van der Waals surface area contributed by atoms with E-state index >= 15 is 0 Å². The van der Waals surface area contributed by atoms with Gasteiger partial charge in [-0.1, -0.05) is 5.16 Å². The summed E-state index contributed by atoms with van der Waals surface area (Å²) in [5, 5.41) is 13.1. The van der Waals surface area contributed by atoms with Gasteiger partial charge in [-0.15, -0.1) is 0 Å². The van der Waals surface area contributed by atoms with Crippen molar-refractivity contribution in [3.8, 4) is 0 Å². The maximum absolute atomic E-state index is 9.14. The molecule has 1 N–H and O–H groups in total. The van der Waals surface area contributed by atoms with Gasteiger partial charge in [-0.05, 0) is 26.2 Å². The molecule has 5 heteroatoms. The number of ether oxygens (including phenoxy) is 1. The molecule has 0 amide bonds. The summed E-state index contributed by atoms with van der Waals surface area (Å²) in [5.41, 5.74) is 0. The van der Waals surface area contributed by atoms with Crippen LogP contribution in [0.3, 0.4) is 0 Å². The molecule has 0 saturated carbocycles. The fourth-order valence-corrected chi connectivity index (χ4v) is 1.82. The summed E-state index contributed by atoms with van der Waals surface area (Å²) in [6.07, 6.45) is 4.15. The van der Waals surface area contributed by atoms with E-state index in [1.165, 1.54) is 0 Å². The Kier molecular flexibility index (Phi) is 3.90. The molecule has 0 aliphatic carbocycles. The van der Waals surface area contributed by atoms with Gasteiger partial charge in [0, 0.05) is 19.4 Å². The molecule has 5 nitrogen and oxygen atoms in total. The molecule has 2 unspecified atom stereocenters. The molecule has 16 heavy (non-hydrogen) atoms. The van der Waals surface area contributed by atoms with Crippen LogP contribution in [0.2, 0.25) is 0 Å². The van der Waals surface area contributed by atoms with Crippen LogP contribution in [0.25, 0.3) is 0 Å². The molecule has 0 bridgehead atoms.